The predicted octanol–water partition coefficient (Wildman–Crippen LogP) is 2.03. The summed E-state index contributed by atoms with van der Waals surface area (Å²) in [5.74, 6) is -1.78. The van der Waals surface area contributed by atoms with Crippen LogP contribution in [0.25, 0.3) is 0 Å². The molecule has 5 N–H and O–H groups in total. The molecule has 29 heavy (non-hydrogen) atoms. The second kappa shape index (κ2) is 9.56. The zero-order valence-electron chi connectivity index (χ0n) is 16.4. The van der Waals surface area contributed by atoms with E-state index in [1.165, 1.54) is 5.56 Å². The van der Waals surface area contributed by atoms with Gasteiger partial charge in [0.1, 0.15) is 6.10 Å². The van der Waals surface area contributed by atoms with Crippen molar-refractivity contribution in [1.82, 2.24) is 0 Å². The first-order valence-electron chi connectivity index (χ1n) is 10.1. The molecule has 0 aliphatic heterocycles. The lowest BCUT2D eigenvalue weighted by Crippen LogP contribution is -2.58. The molecule has 3 rings (SSSR count). The zero-order valence-corrected chi connectivity index (χ0v) is 17.2. The van der Waals surface area contributed by atoms with Gasteiger partial charge < -0.3 is 25.5 Å². The summed E-state index contributed by atoms with van der Waals surface area (Å²) in [4.78, 5) is 0. The van der Waals surface area contributed by atoms with E-state index in [4.69, 9.17) is 11.6 Å². The number of halogens is 1. The first-order chi connectivity index (χ1) is 13.9. The molecule has 6 atom stereocenters. The Morgan fingerprint density at radius 3 is 2.10 bits per heavy atom. The largest absolute Gasteiger partial charge is 0.396 e. The Bertz CT molecular complexity index is 809. The van der Waals surface area contributed by atoms with Gasteiger partial charge in [0.25, 0.3) is 0 Å². The summed E-state index contributed by atoms with van der Waals surface area (Å²) in [6, 6.07) is 13.6. The maximum atomic E-state index is 10.6. The Kier molecular flexibility index (Phi) is 7.32. The fourth-order valence-electron chi connectivity index (χ4n) is 4.22. The number of hydrogen-bond donors (Lipinski definition) is 5. The molecule has 0 unspecified atom stereocenters. The molecule has 0 aromatic heterocycles. The minimum Gasteiger partial charge on any atom is -0.396 e. The molecule has 0 bridgehead atoms. The lowest BCUT2D eigenvalue weighted by Gasteiger charge is -2.43. The quantitative estimate of drug-likeness (QED) is 0.492. The van der Waals surface area contributed by atoms with Crippen LogP contribution < -0.4 is 0 Å². The van der Waals surface area contributed by atoms with Crippen molar-refractivity contribution in [2.75, 3.05) is 6.61 Å². The van der Waals surface area contributed by atoms with E-state index in [9.17, 15) is 25.5 Å². The number of aliphatic hydroxyl groups is 5. The van der Waals surface area contributed by atoms with Crippen molar-refractivity contribution in [3.8, 4) is 0 Å². The minimum absolute atomic E-state index is 0.493. The van der Waals surface area contributed by atoms with Crippen LogP contribution in [-0.2, 0) is 12.8 Å². The van der Waals surface area contributed by atoms with E-state index in [2.05, 4.69) is 31.2 Å². The van der Waals surface area contributed by atoms with Gasteiger partial charge in [0, 0.05) is 16.9 Å². The van der Waals surface area contributed by atoms with Gasteiger partial charge in [-0.05, 0) is 41.2 Å². The Morgan fingerprint density at radius 1 is 0.828 bits per heavy atom. The summed E-state index contributed by atoms with van der Waals surface area (Å²) in [6.07, 6.45) is -2.68. The van der Waals surface area contributed by atoms with E-state index in [-0.39, 0.29) is 0 Å². The molecule has 0 spiro atoms. The Morgan fingerprint density at radius 2 is 1.48 bits per heavy atom. The molecule has 158 valence electrons. The van der Waals surface area contributed by atoms with Crippen LogP contribution >= 0.6 is 11.6 Å². The molecule has 2 aromatic carbocycles. The second-order valence-electron chi connectivity index (χ2n) is 7.93. The normalized spacial score (nSPS) is 29.8. The molecule has 0 amide bonds. The van der Waals surface area contributed by atoms with Gasteiger partial charge in [0.2, 0.25) is 0 Å². The maximum absolute atomic E-state index is 10.6. The Balaban J connectivity index is 1.87. The van der Waals surface area contributed by atoms with Gasteiger partial charge in [-0.15, -0.1) is 0 Å². The molecule has 5 nitrogen and oxygen atoms in total. The molecule has 6 heteroatoms. The van der Waals surface area contributed by atoms with Crippen molar-refractivity contribution < 1.29 is 25.5 Å². The highest BCUT2D eigenvalue weighted by Crippen LogP contribution is 2.38. The van der Waals surface area contributed by atoms with Crippen molar-refractivity contribution in [1.29, 1.82) is 0 Å². The monoisotopic (exact) mass is 420 g/mol. The maximum Gasteiger partial charge on any atom is 0.107 e. The van der Waals surface area contributed by atoms with Crippen LogP contribution in [0.2, 0.25) is 5.02 Å². The summed E-state index contributed by atoms with van der Waals surface area (Å²) < 4.78 is 0. The molecule has 1 aliphatic rings. The van der Waals surface area contributed by atoms with Gasteiger partial charge >= 0.3 is 0 Å². The summed E-state index contributed by atoms with van der Waals surface area (Å²) in [7, 11) is 0. The van der Waals surface area contributed by atoms with Crippen molar-refractivity contribution in [3.63, 3.8) is 0 Å². The fourth-order valence-corrected chi connectivity index (χ4v) is 4.40. The number of benzene rings is 2. The van der Waals surface area contributed by atoms with E-state index in [1.54, 1.807) is 12.1 Å². The van der Waals surface area contributed by atoms with E-state index < -0.39 is 42.9 Å². The first kappa shape index (κ1) is 22.2. The van der Waals surface area contributed by atoms with Gasteiger partial charge in [-0.1, -0.05) is 61.3 Å². The van der Waals surface area contributed by atoms with Crippen LogP contribution in [0.1, 0.15) is 41.5 Å². The van der Waals surface area contributed by atoms with Gasteiger partial charge in [-0.2, -0.15) is 0 Å². The smallest absolute Gasteiger partial charge is 0.107 e. The van der Waals surface area contributed by atoms with Crippen molar-refractivity contribution in [3.05, 3.63) is 69.7 Å². The minimum atomic E-state index is -1.45. The molecular formula is C23H29ClO5. The second-order valence-corrected chi connectivity index (χ2v) is 8.34. The SMILES string of the molecule is CCCc1ccc(Cc2cc([C@H]3[C@H](O)[C@@H](O)[C@H](O)[C@@H](CO)[C@@H]3O)ccc2Cl)cc1. The summed E-state index contributed by atoms with van der Waals surface area (Å²) in [6.45, 7) is 1.65. The molecule has 0 radical (unpaired) electrons. The van der Waals surface area contributed by atoms with E-state index in [0.29, 0.717) is 17.0 Å². The topological polar surface area (TPSA) is 101 Å². The van der Waals surface area contributed by atoms with Crippen LogP contribution in [-0.4, -0.2) is 56.6 Å². The van der Waals surface area contributed by atoms with E-state index in [0.717, 1.165) is 24.0 Å². The van der Waals surface area contributed by atoms with Crippen molar-refractivity contribution in [2.24, 2.45) is 5.92 Å². The Hall–Kier alpha value is -1.47. The van der Waals surface area contributed by atoms with E-state index in [1.807, 2.05) is 6.07 Å². The number of aryl methyl sites for hydroxylation is 1. The lowest BCUT2D eigenvalue weighted by molar-refractivity contribution is -0.169. The number of aliphatic hydroxyl groups excluding tert-OH is 5. The molecule has 0 saturated heterocycles. The molecule has 1 aliphatic carbocycles. The zero-order chi connectivity index (χ0) is 21.1. The van der Waals surface area contributed by atoms with Crippen molar-refractivity contribution >= 4 is 11.6 Å². The van der Waals surface area contributed by atoms with Crippen LogP contribution in [0.4, 0.5) is 0 Å². The highest BCUT2D eigenvalue weighted by molar-refractivity contribution is 6.31. The molecule has 0 heterocycles. The molecule has 1 fully saturated rings. The standard InChI is InChI=1S/C23H29ClO5/c1-2-3-13-4-6-14(7-5-13)10-16-11-15(8-9-18(16)24)19-20(26)17(12-25)21(27)23(29)22(19)28/h4-9,11,17,19-23,25-29H,2-3,10,12H2,1H3/t17-,19+,20-,21+,22-,23-/m0/s1. The molecule has 1 saturated carbocycles. The number of hydrogen-bond acceptors (Lipinski definition) is 5. The Labute approximate surface area is 176 Å². The third-order valence-electron chi connectivity index (χ3n) is 5.93. The molecule has 2 aromatic rings. The average molecular weight is 421 g/mol. The van der Waals surface area contributed by atoms with Gasteiger partial charge in [-0.3, -0.25) is 0 Å². The third-order valence-corrected chi connectivity index (χ3v) is 6.30. The van der Waals surface area contributed by atoms with E-state index >= 15 is 0 Å². The summed E-state index contributed by atoms with van der Waals surface area (Å²) in [5.41, 5.74) is 3.83. The van der Waals surface area contributed by atoms with Crippen molar-refractivity contribution in [2.45, 2.75) is 56.5 Å². The van der Waals surface area contributed by atoms with Crippen LogP contribution in [0, 0.1) is 5.92 Å². The highest BCUT2D eigenvalue weighted by Gasteiger charge is 2.48. The lowest BCUT2D eigenvalue weighted by atomic mass is 9.70. The average Bonchev–Trinajstić information content (AvgIpc) is 2.71. The fraction of sp³-hybridized carbons (Fsp3) is 0.478. The molecular weight excluding hydrogens is 392 g/mol. The third kappa shape index (κ3) is 4.66. The van der Waals surface area contributed by atoms with Gasteiger partial charge in [-0.25, -0.2) is 0 Å². The van der Waals surface area contributed by atoms with Gasteiger partial charge in [0.15, 0.2) is 0 Å². The first-order valence-corrected chi connectivity index (χ1v) is 10.4. The summed E-state index contributed by atoms with van der Waals surface area (Å²) in [5, 5.41) is 51.5. The predicted molar refractivity (Wildman–Crippen MR) is 112 cm³/mol. The van der Waals surface area contributed by atoms with Crippen LogP contribution in [0.5, 0.6) is 0 Å². The summed E-state index contributed by atoms with van der Waals surface area (Å²) >= 11 is 6.39. The van der Waals surface area contributed by atoms with Crippen LogP contribution in [0.3, 0.4) is 0 Å². The van der Waals surface area contributed by atoms with Gasteiger partial charge in [0.05, 0.1) is 24.9 Å². The highest BCUT2D eigenvalue weighted by atomic mass is 35.5. The van der Waals surface area contributed by atoms with Crippen LogP contribution in [0.15, 0.2) is 42.5 Å². The number of rotatable bonds is 6.